The van der Waals surface area contributed by atoms with Crippen LogP contribution in [-0.4, -0.2) is 72.3 Å². The van der Waals surface area contributed by atoms with E-state index in [-0.39, 0.29) is 11.8 Å². The topological polar surface area (TPSA) is 43.9 Å². The van der Waals surface area contributed by atoms with Crippen LogP contribution in [-0.2, 0) is 17.6 Å². The van der Waals surface area contributed by atoms with Crippen LogP contribution in [0.5, 0.6) is 0 Å². The number of rotatable bonds is 3. The summed E-state index contributed by atoms with van der Waals surface area (Å²) in [7, 11) is 0. The van der Waals surface area contributed by atoms with Crippen molar-refractivity contribution >= 4 is 11.8 Å². The molecule has 1 aromatic rings. The highest BCUT2D eigenvalue weighted by atomic mass is 16.2. The summed E-state index contributed by atoms with van der Waals surface area (Å²) >= 11 is 0. The first-order chi connectivity index (χ1) is 13.7. The molecule has 5 nitrogen and oxygen atoms in total. The molecule has 1 aliphatic carbocycles. The summed E-state index contributed by atoms with van der Waals surface area (Å²) < 4.78 is 0. The average Bonchev–Trinajstić information content (AvgIpc) is 3.03. The van der Waals surface area contributed by atoms with E-state index in [1.54, 1.807) is 0 Å². The Morgan fingerprint density at radius 1 is 0.714 bits per heavy atom. The zero-order chi connectivity index (χ0) is 19.3. The maximum absolute atomic E-state index is 12.9. The zero-order valence-electron chi connectivity index (χ0n) is 17.0. The van der Waals surface area contributed by atoms with Crippen LogP contribution in [0.15, 0.2) is 18.2 Å². The summed E-state index contributed by atoms with van der Waals surface area (Å²) in [5.74, 6) is 0.406. The lowest BCUT2D eigenvalue weighted by Gasteiger charge is -2.35. The van der Waals surface area contributed by atoms with Crippen molar-refractivity contribution in [2.24, 2.45) is 0 Å². The highest BCUT2D eigenvalue weighted by molar-refractivity contribution is 5.94. The lowest BCUT2D eigenvalue weighted by atomic mass is 9.90. The van der Waals surface area contributed by atoms with Crippen LogP contribution >= 0.6 is 0 Å². The fourth-order valence-corrected chi connectivity index (χ4v) is 4.77. The molecule has 4 rings (SSSR count). The summed E-state index contributed by atoms with van der Waals surface area (Å²) in [5.41, 5.74) is 3.60. The molecule has 1 aromatic carbocycles. The van der Waals surface area contributed by atoms with Crippen LogP contribution in [0.3, 0.4) is 0 Å². The third kappa shape index (κ3) is 4.57. The monoisotopic (exact) mass is 383 g/mol. The maximum atomic E-state index is 12.9. The maximum Gasteiger partial charge on any atom is 0.253 e. The predicted molar refractivity (Wildman–Crippen MR) is 110 cm³/mol. The van der Waals surface area contributed by atoms with Crippen LogP contribution in [0, 0.1) is 0 Å². The molecule has 5 heteroatoms. The third-order valence-corrected chi connectivity index (χ3v) is 6.57. The number of piperazine rings is 1. The number of hydrogen-bond donors (Lipinski definition) is 0. The number of likely N-dealkylation sites (tertiary alicyclic amines) is 1. The van der Waals surface area contributed by atoms with E-state index >= 15 is 0 Å². The molecule has 0 saturated carbocycles. The first-order valence-electron chi connectivity index (χ1n) is 11.1. The number of amides is 2. The van der Waals surface area contributed by atoms with Gasteiger partial charge in [0, 0.05) is 44.8 Å². The number of carbonyl (C=O) groups excluding carboxylic acids is 2. The Morgan fingerprint density at radius 2 is 1.39 bits per heavy atom. The Labute approximate surface area is 168 Å². The van der Waals surface area contributed by atoms with Gasteiger partial charge in [0.2, 0.25) is 5.91 Å². The van der Waals surface area contributed by atoms with Crippen molar-refractivity contribution in [3.8, 4) is 0 Å². The Balaban J connectivity index is 1.29. The normalized spacial score (nSPS) is 21.1. The van der Waals surface area contributed by atoms with Gasteiger partial charge in [-0.15, -0.1) is 0 Å². The molecule has 28 heavy (non-hydrogen) atoms. The van der Waals surface area contributed by atoms with Gasteiger partial charge in [0.05, 0.1) is 6.54 Å². The molecule has 0 atom stereocenters. The molecule has 152 valence electrons. The Kier molecular flexibility index (Phi) is 6.30. The molecule has 0 spiro atoms. The van der Waals surface area contributed by atoms with Gasteiger partial charge in [-0.3, -0.25) is 14.5 Å². The Morgan fingerprint density at radius 3 is 2.11 bits per heavy atom. The quantitative estimate of drug-likeness (QED) is 0.806. The minimum Gasteiger partial charge on any atom is -0.342 e. The molecule has 2 heterocycles. The summed E-state index contributed by atoms with van der Waals surface area (Å²) in [6.07, 6.45) is 9.49. The molecule has 2 fully saturated rings. The van der Waals surface area contributed by atoms with Gasteiger partial charge in [-0.25, -0.2) is 0 Å². The summed E-state index contributed by atoms with van der Waals surface area (Å²) in [5, 5.41) is 0. The Hall–Kier alpha value is -1.88. The van der Waals surface area contributed by atoms with E-state index in [2.05, 4.69) is 17.0 Å². The third-order valence-electron chi connectivity index (χ3n) is 6.57. The van der Waals surface area contributed by atoms with Gasteiger partial charge in [-0.05, 0) is 61.8 Å². The average molecular weight is 384 g/mol. The molecule has 2 saturated heterocycles. The number of fused-ring (bicyclic) bond motifs is 1. The van der Waals surface area contributed by atoms with Crippen molar-refractivity contribution in [3.63, 3.8) is 0 Å². The summed E-state index contributed by atoms with van der Waals surface area (Å²) in [6, 6.07) is 6.27. The van der Waals surface area contributed by atoms with Crippen LogP contribution in [0.4, 0.5) is 0 Å². The number of hydrogen-bond acceptors (Lipinski definition) is 3. The molecule has 2 aliphatic heterocycles. The van der Waals surface area contributed by atoms with Crippen molar-refractivity contribution < 1.29 is 9.59 Å². The van der Waals surface area contributed by atoms with Gasteiger partial charge in [-0.2, -0.15) is 0 Å². The van der Waals surface area contributed by atoms with Gasteiger partial charge in [0.15, 0.2) is 0 Å². The van der Waals surface area contributed by atoms with E-state index in [1.807, 2.05) is 15.9 Å². The van der Waals surface area contributed by atoms with Crippen molar-refractivity contribution in [2.75, 3.05) is 45.8 Å². The fourth-order valence-electron chi connectivity index (χ4n) is 4.77. The molecule has 0 N–H and O–H groups in total. The fraction of sp³-hybridized carbons (Fsp3) is 0.652. The second-order valence-corrected chi connectivity index (χ2v) is 8.55. The minimum atomic E-state index is 0.145. The van der Waals surface area contributed by atoms with Gasteiger partial charge in [-0.1, -0.05) is 18.9 Å². The van der Waals surface area contributed by atoms with Gasteiger partial charge in [0.1, 0.15) is 0 Å². The van der Waals surface area contributed by atoms with Gasteiger partial charge < -0.3 is 9.80 Å². The molecule has 3 aliphatic rings. The molecule has 0 bridgehead atoms. The van der Waals surface area contributed by atoms with Gasteiger partial charge >= 0.3 is 0 Å². The number of carbonyl (C=O) groups is 2. The smallest absolute Gasteiger partial charge is 0.253 e. The van der Waals surface area contributed by atoms with Crippen molar-refractivity contribution in [1.29, 1.82) is 0 Å². The molecule has 0 radical (unpaired) electrons. The minimum absolute atomic E-state index is 0.145. The molecule has 2 amide bonds. The SMILES string of the molecule is O=C(CN1CCN(C(=O)c2ccc3c(c2)CCCC3)CC1)N1CCCCCC1. The lowest BCUT2D eigenvalue weighted by molar-refractivity contribution is -0.132. The highest BCUT2D eigenvalue weighted by Crippen LogP contribution is 2.23. The van der Waals surface area contributed by atoms with E-state index < -0.39 is 0 Å². The summed E-state index contributed by atoms with van der Waals surface area (Å²) in [6.45, 7) is 5.32. The summed E-state index contributed by atoms with van der Waals surface area (Å²) in [4.78, 5) is 31.7. The predicted octanol–water partition coefficient (Wildman–Crippen LogP) is 2.73. The van der Waals surface area contributed by atoms with E-state index in [0.717, 1.165) is 57.4 Å². The molecular weight excluding hydrogens is 350 g/mol. The molecular formula is C23H33N3O2. The van der Waals surface area contributed by atoms with E-state index in [0.29, 0.717) is 19.6 Å². The van der Waals surface area contributed by atoms with E-state index in [4.69, 9.17) is 0 Å². The van der Waals surface area contributed by atoms with Crippen molar-refractivity contribution in [3.05, 3.63) is 34.9 Å². The number of benzene rings is 1. The first kappa shape index (κ1) is 19.4. The van der Waals surface area contributed by atoms with Crippen LogP contribution in [0.25, 0.3) is 0 Å². The van der Waals surface area contributed by atoms with Crippen molar-refractivity contribution in [1.82, 2.24) is 14.7 Å². The second kappa shape index (κ2) is 9.08. The van der Waals surface area contributed by atoms with Gasteiger partial charge in [0.25, 0.3) is 5.91 Å². The largest absolute Gasteiger partial charge is 0.342 e. The molecule has 0 aromatic heterocycles. The second-order valence-electron chi connectivity index (χ2n) is 8.55. The first-order valence-corrected chi connectivity index (χ1v) is 11.1. The van der Waals surface area contributed by atoms with Crippen LogP contribution in [0.2, 0.25) is 0 Å². The zero-order valence-corrected chi connectivity index (χ0v) is 17.0. The van der Waals surface area contributed by atoms with E-state index in [9.17, 15) is 9.59 Å². The van der Waals surface area contributed by atoms with Crippen molar-refractivity contribution in [2.45, 2.75) is 51.4 Å². The van der Waals surface area contributed by atoms with E-state index in [1.165, 1.54) is 36.8 Å². The Bertz CT molecular complexity index is 702. The highest BCUT2D eigenvalue weighted by Gasteiger charge is 2.25. The number of aryl methyl sites for hydroxylation is 2. The van der Waals surface area contributed by atoms with Crippen LogP contribution in [0.1, 0.15) is 60.0 Å². The van der Waals surface area contributed by atoms with Crippen LogP contribution < -0.4 is 0 Å². The number of nitrogens with zero attached hydrogens (tertiary/aromatic N) is 3. The molecule has 0 unspecified atom stereocenters. The standard InChI is InChI=1S/C23H33N3O2/c27-22(25-11-5-1-2-6-12-25)18-24-13-15-26(16-14-24)23(28)21-10-9-19-7-3-4-8-20(19)17-21/h9-10,17H,1-8,11-16,18H2. The lowest BCUT2D eigenvalue weighted by Crippen LogP contribution is -2.51.